The minimum Gasteiger partial charge on any atom is -0.424 e. The first kappa shape index (κ1) is 17.5. The van der Waals surface area contributed by atoms with Gasteiger partial charge in [-0.25, -0.2) is 9.97 Å². The summed E-state index contributed by atoms with van der Waals surface area (Å²) in [6.45, 7) is 0. The molecule has 0 saturated heterocycles. The maximum absolute atomic E-state index is 13.1. The van der Waals surface area contributed by atoms with Gasteiger partial charge in [-0.2, -0.15) is 23.4 Å². The number of hydrogen-bond acceptors (Lipinski definition) is 5. The predicted molar refractivity (Wildman–Crippen MR) is 93.4 cm³/mol. The Labute approximate surface area is 156 Å². The van der Waals surface area contributed by atoms with Crippen LogP contribution in [0.2, 0.25) is 0 Å². The van der Waals surface area contributed by atoms with E-state index in [9.17, 15) is 18.4 Å². The summed E-state index contributed by atoms with van der Waals surface area (Å²) in [6.07, 6.45) is -1.08. The summed E-state index contributed by atoms with van der Waals surface area (Å²) in [5.41, 5.74) is -0.106. The van der Waals surface area contributed by atoms with Gasteiger partial charge in [-0.1, -0.05) is 18.2 Å². The van der Waals surface area contributed by atoms with Crippen LogP contribution in [0.25, 0.3) is 22.3 Å². The molecule has 3 aromatic heterocycles. The maximum Gasteiger partial charge on any atom is 0.417 e. The molecule has 0 aliphatic rings. The number of nitrogens with one attached hydrogen (secondary N) is 1. The molecule has 0 spiro atoms. The van der Waals surface area contributed by atoms with E-state index in [1.807, 2.05) is 12.1 Å². The Bertz CT molecular complexity index is 1200. The molecule has 4 rings (SSSR count). The fourth-order valence-electron chi connectivity index (χ4n) is 2.65. The molecule has 28 heavy (non-hydrogen) atoms. The zero-order chi connectivity index (χ0) is 19.7. The molecule has 0 radical (unpaired) electrons. The number of pyridine rings is 1. The van der Waals surface area contributed by atoms with Crippen molar-refractivity contribution in [1.29, 1.82) is 5.26 Å². The van der Waals surface area contributed by atoms with Gasteiger partial charge in [0.15, 0.2) is 0 Å². The van der Waals surface area contributed by atoms with E-state index in [0.717, 1.165) is 12.3 Å². The number of halogens is 3. The standard InChI is InChI=1S/C19H10F3N5O/c20-19(21,22)12-6-14-15(10-25-17(14)24-9-12)16-11(7-23)8-26-18(27-16)28-13-4-2-1-3-5-13/h1-6,8-10H,(H,24,25). The van der Waals surface area contributed by atoms with Crippen LogP contribution >= 0.6 is 0 Å². The van der Waals surface area contributed by atoms with Crippen LogP contribution in [0.15, 0.2) is 55.0 Å². The lowest BCUT2D eigenvalue weighted by atomic mass is 10.1. The molecule has 0 amide bonds. The van der Waals surface area contributed by atoms with E-state index in [-0.39, 0.29) is 28.3 Å². The molecule has 0 unspecified atom stereocenters. The van der Waals surface area contributed by atoms with E-state index < -0.39 is 11.7 Å². The van der Waals surface area contributed by atoms with E-state index in [1.165, 1.54) is 12.4 Å². The Morgan fingerprint density at radius 2 is 1.86 bits per heavy atom. The zero-order valence-electron chi connectivity index (χ0n) is 14.0. The average Bonchev–Trinajstić information content (AvgIpc) is 3.11. The zero-order valence-corrected chi connectivity index (χ0v) is 14.0. The molecule has 9 heteroatoms. The van der Waals surface area contributed by atoms with E-state index >= 15 is 0 Å². The van der Waals surface area contributed by atoms with Gasteiger partial charge in [0, 0.05) is 23.3 Å². The lowest BCUT2D eigenvalue weighted by Gasteiger charge is -2.08. The predicted octanol–water partition coefficient (Wildman–Crippen LogP) is 4.70. The van der Waals surface area contributed by atoms with Gasteiger partial charge in [0.1, 0.15) is 17.5 Å². The van der Waals surface area contributed by atoms with E-state index in [1.54, 1.807) is 24.3 Å². The highest BCUT2D eigenvalue weighted by Gasteiger charge is 2.31. The quantitative estimate of drug-likeness (QED) is 0.556. The molecule has 1 N–H and O–H groups in total. The number of para-hydroxylation sites is 1. The number of hydrogen-bond donors (Lipinski definition) is 1. The number of nitrogens with zero attached hydrogens (tertiary/aromatic N) is 4. The Kier molecular flexibility index (Phi) is 4.16. The number of aromatic nitrogens is 4. The van der Waals surface area contributed by atoms with Gasteiger partial charge in [0.2, 0.25) is 0 Å². The van der Waals surface area contributed by atoms with Gasteiger partial charge in [-0.05, 0) is 18.2 Å². The number of ether oxygens (including phenoxy) is 1. The minimum absolute atomic E-state index is 0.0329. The number of alkyl halides is 3. The van der Waals surface area contributed by atoms with Crippen molar-refractivity contribution in [3.63, 3.8) is 0 Å². The van der Waals surface area contributed by atoms with E-state index in [0.29, 0.717) is 11.3 Å². The van der Waals surface area contributed by atoms with Crippen LogP contribution < -0.4 is 4.74 Å². The Hall–Kier alpha value is -3.93. The second-order valence-corrected chi connectivity index (χ2v) is 5.76. The highest BCUT2D eigenvalue weighted by atomic mass is 19.4. The van der Waals surface area contributed by atoms with Gasteiger partial charge in [0.05, 0.1) is 23.0 Å². The van der Waals surface area contributed by atoms with Gasteiger partial charge in [-0.15, -0.1) is 0 Å². The van der Waals surface area contributed by atoms with Crippen LogP contribution in [0.3, 0.4) is 0 Å². The highest BCUT2D eigenvalue weighted by molar-refractivity contribution is 5.94. The number of aromatic amines is 1. The van der Waals surface area contributed by atoms with Gasteiger partial charge in [-0.3, -0.25) is 0 Å². The Morgan fingerprint density at radius 1 is 1.07 bits per heavy atom. The normalized spacial score (nSPS) is 11.4. The summed E-state index contributed by atoms with van der Waals surface area (Å²) in [5.74, 6) is 0.484. The lowest BCUT2D eigenvalue weighted by molar-refractivity contribution is -0.137. The number of rotatable bonds is 3. The average molecular weight is 381 g/mol. The third-order valence-electron chi connectivity index (χ3n) is 3.95. The first-order valence-corrected chi connectivity index (χ1v) is 8.00. The topological polar surface area (TPSA) is 87.5 Å². The van der Waals surface area contributed by atoms with Crippen molar-refractivity contribution in [2.75, 3.05) is 0 Å². The molecular weight excluding hydrogens is 371 g/mol. The molecule has 0 aliphatic heterocycles. The van der Waals surface area contributed by atoms with Crippen molar-refractivity contribution in [3.8, 4) is 29.1 Å². The summed E-state index contributed by atoms with van der Waals surface area (Å²) < 4.78 is 44.7. The van der Waals surface area contributed by atoms with Crippen molar-refractivity contribution in [2.45, 2.75) is 6.18 Å². The number of nitriles is 1. The third-order valence-corrected chi connectivity index (χ3v) is 3.95. The van der Waals surface area contributed by atoms with Crippen molar-refractivity contribution in [1.82, 2.24) is 19.9 Å². The van der Waals surface area contributed by atoms with Crippen LogP contribution in [-0.2, 0) is 6.18 Å². The summed E-state index contributed by atoms with van der Waals surface area (Å²) in [6, 6.07) is 11.6. The molecule has 0 fully saturated rings. The first-order chi connectivity index (χ1) is 13.5. The largest absolute Gasteiger partial charge is 0.424 e. The van der Waals surface area contributed by atoms with E-state index in [4.69, 9.17) is 4.74 Å². The molecule has 1 aromatic carbocycles. The molecule has 138 valence electrons. The fourth-order valence-corrected chi connectivity index (χ4v) is 2.65. The van der Waals surface area contributed by atoms with Gasteiger partial charge < -0.3 is 9.72 Å². The summed E-state index contributed by atoms with van der Waals surface area (Å²) in [4.78, 5) is 14.8. The van der Waals surface area contributed by atoms with Crippen LogP contribution in [-0.4, -0.2) is 19.9 Å². The van der Waals surface area contributed by atoms with Crippen molar-refractivity contribution in [3.05, 3.63) is 66.1 Å². The molecule has 0 aliphatic carbocycles. The summed E-state index contributed by atoms with van der Waals surface area (Å²) in [5, 5.41) is 9.57. The second kappa shape index (κ2) is 6.66. The molecular formula is C19H10F3N5O. The summed E-state index contributed by atoms with van der Waals surface area (Å²) >= 11 is 0. The monoisotopic (exact) mass is 381 g/mol. The third kappa shape index (κ3) is 3.23. The maximum atomic E-state index is 13.1. The van der Waals surface area contributed by atoms with Gasteiger partial charge >= 0.3 is 12.2 Å². The van der Waals surface area contributed by atoms with Crippen molar-refractivity contribution in [2.24, 2.45) is 0 Å². The molecule has 0 saturated carbocycles. The Balaban J connectivity index is 1.84. The first-order valence-electron chi connectivity index (χ1n) is 8.00. The smallest absolute Gasteiger partial charge is 0.417 e. The van der Waals surface area contributed by atoms with Crippen molar-refractivity contribution >= 4 is 11.0 Å². The second-order valence-electron chi connectivity index (χ2n) is 5.76. The minimum atomic E-state index is -4.54. The van der Waals surface area contributed by atoms with Gasteiger partial charge in [0.25, 0.3) is 0 Å². The summed E-state index contributed by atoms with van der Waals surface area (Å²) in [7, 11) is 0. The molecule has 3 heterocycles. The molecule has 0 atom stereocenters. The lowest BCUT2D eigenvalue weighted by Crippen LogP contribution is -2.05. The molecule has 0 bridgehead atoms. The van der Waals surface area contributed by atoms with Crippen LogP contribution in [0.1, 0.15) is 11.1 Å². The number of H-pyrrole nitrogens is 1. The van der Waals surface area contributed by atoms with Crippen LogP contribution in [0.5, 0.6) is 11.8 Å². The molecule has 4 aromatic rings. The SMILES string of the molecule is N#Cc1cnc(Oc2ccccc2)nc1-c1c[nH]c2ncc(C(F)(F)F)cc12. The van der Waals surface area contributed by atoms with Crippen LogP contribution in [0.4, 0.5) is 13.2 Å². The van der Waals surface area contributed by atoms with Crippen LogP contribution in [0, 0.1) is 11.3 Å². The van der Waals surface area contributed by atoms with Crippen molar-refractivity contribution < 1.29 is 17.9 Å². The highest BCUT2D eigenvalue weighted by Crippen LogP contribution is 2.35. The number of fused-ring (bicyclic) bond motifs is 1. The van der Waals surface area contributed by atoms with E-state index in [2.05, 4.69) is 19.9 Å². The Morgan fingerprint density at radius 3 is 2.57 bits per heavy atom. The molecule has 6 nitrogen and oxygen atoms in total. The fraction of sp³-hybridized carbons (Fsp3) is 0.0526. The number of benzene rings is 1.